The van der Waals surface area contributed by atoms with Crippen LogP contribution in [0.4, 0.5) is 0 Å². The molecule has 3 heterocycles. The van der Waals surface area contributed by atoms with E-state index >= 15 is 0 Å². The molecule has 0 bridgehead atoms. The molecule has 122 valence electrons. The number of nitrogens with one attached hydrogen (secondary N) is 1. The molecule has 0 spiro atoms. The first-order chi connectivity index (χ1) is 11.2. The maximum absolute atomic E-state index is 6.07. The van der Waals surface area contributed by atoms with Crippen molar-refractivity contribution in [3.63, 3.8) is 0 Å². The number of aromatic nitrogens is 1. The molecule has 4 rings (SSSR count). The number of aryl methyl sites for hydroxylation is 1. The van der Waals surface area contributed by atoms with E-state index in [1.54, 1.807) is 7.11 Å². The lowest BCUT2D eigenvalue weighted by molar-refractivity contribution is 0.115. The molecule has 2 aliphatic rings. The minimum Gasteiger partial charge on any atom is -0.493 e. The Hall–Kier alpha value is -1.85. The molecule has 0 saturated carbocycles. The van der Waals surface area contributed by atoms with Crippen molar-refractivity contribution < 1.29 is 9.47 Å². The Morgan fingerprint density at radius 3 is 3.13 bits per heavy atom. The van der Waals surface area contributed by atoms with Crippen LogP contribution in [0.3, 0.4) is 0 Å². The summed E-state index contributed by atoms with van der Waals surface area (Å²) >= 11 is 0. The fourth-order valence-corrected chi connectivity index (χ4v) is 3.62. The van der Waals surface area contributed by atoms with E-state index in [-0.39, 0.29) is 0 Å². The number of benzene rings is 1. The van der Waals surface area contributed by atoms with E-state index in [1.165, 1.54) is 5.56 Å². The number of pyridine rings is 1. The van der Waals surface area contributed by atoms with Gasteiger partial charge in [0, 0.05) is 48.7 Å². The minimum absolute atomic E-state index is 0.563. The van der Waals surface area contributed by atoms with E-state index in [1.807, 2.05) is 6.92 Å². The highest BCUT2D eigenvalue weighted by atomic mass is 16.5. The van der Waals surface area contributed by atoms with Gasteiger partial charge in [-0.3, -0.25) is 4.90 Å². The lowest BCUT2D eigenvalue weighted by Gasteiger charge is -2.38. The minimum atomic E-state index is 0.563. The van der Waals surface area contributed by atoms with Gasteiger partial charge in [-0.1, -0.05) is 0 Å². The third kappa shape index (κ3) is 2.75. The zero-order valence-corrected chi connectivity index (χ0v) is 13.8. The van der Waals surface area contributed by atoms with Crippen LogP contribution >= 0.6 is 0 Å². The first-order valence-electron chi connectivity index (χ1n) is 8.30. The van der Waals surface area contributed by atoms with Crippen molar-refractivity contribution >= 4 is 10.9 Å². The monoisotopic (exact) mass is 313 g/mol. The molecule has 1 aromatic heterocycles. The molecular weight excluding hydrogens is 290 g/mol. The number of hydrogen-bond donors (Lipinski definition) is 1. The van der Waals surface area contributed by atoms with Gasteiger partial charge in [0.15, 0.2) is 0 Å². The van der Waals surface area contributed by atoms with E-state index in [0.29, 0.717) is 11.9 Å². The Kier molecular flexibility index (Phi) is 3.83. The Bertz CT molecular complexity index is 732. The number of hydrogen-bond acceptors (Lipinski definition) is 5. The molecule has 5 nitrogen and oxygen atoms in total. The van der Waals surface area contributed by atoms with Crippen molar-refractivity contribution in [2.24, 2.45) is 0 Å². The Morgan fingerprint density at radius 2 is 2.26 bits per heavy atom. The second-order valence-electron chi connectivity index (χ2n) is 6.43. The molecule has 1 aromatic carbocycles. The average Bonchev–Trinajstić information content (AvgIpc) is 2.54. The van der Waals surface area contributed by atoms with Crippen LogP contribution in [0.25, 0.3) is 10.9 Å². The summed E-state index contributed by atoms with van der Waals surface area (Å²) in [5.74, 6) is 1.70. The second-order valence-corrected chi connectivity index (χ2v) is 6.43. The molecule has 0 amide bonds. The van der Waals surface area contributed by atoms with Gasteiger partial charge in [0.25, 0.3) is 0 Å². The zero-order chi connectivity index (χ0) is 15.8. The number of methoxy groups -OCH3 is 1. The summed E-state index contributed by atoms with van der Waals surface area (Å²) in [6.07, 6.45) is 1.07. The zero-order valence-electron chi connectivity index (χ0n) is 13.8. The standard InChI is InChI=1S/C18H23N3O2/c1-12-7-13-9-17-14(8-16(13)20-18(12)22-2)11-21-5-4-19-10-15(21)3-6-23-17/h7-9,15,19H,3-6,10-11H2,1-2H3/t15-/m0/s1. The SMILES string of the molecule is COc1nc2cc3c(cc2cc1C)OCC[C@H]1CNCCN1C3. The molecule has 2 aliphatic heterocycles. The van der Waals surface area contributed by atoms with Crippen LogP contribution in [-0.2, 0) is 6.54 Å². The predicted molar refractivity (Wildman–Crippen MR) is 90.2 cm³/mol. The first-order valence-corrected chi connectivity index (χ1v) is 8.30. The van der Waals surface area contributed by atoms with Crippen molar-refractivity contribution in [3.05, 3.63) is 29.3 Å². The van der Waals surface area contributed by atoms with E-state index in [9.17, 15) is 0 Å². The van der Waals surface area contributed by atoms with Crippen LogP contribution in [0.1, 0.15) is 17.5 Å². The average molecular weight is 313 g/mol. The van der Waals surface area contributed by atoms with Crippen molar-refractivity contribution in [1.29, 1.82) is 0 Å². The maximum Gasteiger partial charge on any atom is 0.216 e. The Labute approximate surface area is 136 Å². The third-order valence-electron chi connectivity index (χ3n) is 4.89. The molecule has 1 fully saturated rings. The summed E-state index contributed by atoms with van der Waals surface area (Å²) in [7, 11) is 1.67. The summed E-state index contributed by atoms with van der Waals surface area (Å²) in [6, 6.07) is 6.98. The third-order valence-corrected chi connectivity index (χ3v) is 4.89. The summed E-state index contributed by atoms with van der Waals surface area (Å²) in [4.78, 5) is 7.22. The smallest absolute Gasteiger partial charge is 0.216 e. The van der Waals surface area contributed by atoms with Gasteiger partial charge in [-0.2, -0.15) is 0 Å². The van der Waals surface area contributed by atoms with Crippen LogP contribution in [0, 0.1) is 6.92 Å². The largest absolute Gasteiger partial charge is 0.493 e. The molecule has 0 unspecified atom stereocenters. The van der Waals surface area contributed by atoms with E-state index in [0.717, 1.165) is 61.4 Å². The van der Waals surface area contributed by atoms with Gasteiger partial charge in [-0.15, -0.1) is 0 Å². The number of piperazine rings is 1. The van der Waals surface area contributed by atoms with Crippen molar-refractivity contribution in [3.8, 4) is 11.6 Å². The Morgan fingerprint density at radius 1 is 1.35 bits per heavy atom. The van der Waals surface area contributed by atoms with E-state index in [2.05, 4.69) is 33.4 Å². The van der Waals surface area contributed by atoms with E-state index < -0.39 is 0 Å². The van der Waals surface area contributed by atoms with Crippen LogP contribution in [0.5, 0.6) is 11.6 Å². The first kappa shape index (κ1) is 14.7. The lowest BCUT2D eigenvalue weighted by atomic mass is 10.0. The van der Waals surface area contributed by atoms with Gasteiger partial charge in [0.05, 0.1) is 19.2 Å². The van der Waals surface area contributed by atoms with Crippen LogP contribution in [0.15, 0.2) is 18.2 Å². The number of nitrogens with zero attached hydrogens (tertiary/aromatic N) is 2. The number of rotatable bonds is 1. The van der Waals surface area contributed by atoms with Gasteiger partial charge >= 0.3 is 0 Å². The van der Waals surface area contributed by atoms with Crippen molar-refractivity contribution in [2.75, 3.05) is 33.4 Å². The number of ether oxygens (including phenoxy) is 2. The van der Waals surface area contributed by atoms with Gasteiger partial charge in [0.1, 0.15) is 5.75 Å². The van der Waals surface area contributed by atoms with Crippen LogP contribution in [0.2, 0.25) is 0 Å². The summed E-state index contributed by atoms with van der Waals surface area (Å²) < 4.78 is 11.4. The van der Waals surface area contributed by atoms with Gasteiger partial charge in [-0.05, 0) is 31.5 Å². The summed E-state index contributed by atoms with van der Waals surface area (Å²) in [6.45, 7) is 6.92. The maximum atomic E-state index is 6.07. The van der Waals surface area contributed by atoms with Crippen molar-refractivity contribution in [2.45, 2.75) is 25.9 Å². The molecule has 23 heavy (non-hydrogen) atoms. The molecule has 0 radical (unpaired) electrons. The fourth-order valence-electron chi connectivity index (χ4n) is 3.62. The van der Waals surface area contributed by atoms with Gasteiger partial charge in [-0.25, -0.2) is 4.98 Å². The molecule has 2 aromatic rings. The van der Waals surface area contributed by atoms with Gasteiger partial charge in [0.2, 0.25) is 5.88 Å². The highest BCUT2D eigenvalue weighted by Gasteiger charge is 2.25. The second kappa shape index (κ2) is 5.98. The predicted octanol–water partition coefficient (Wildman–Crippen LogP) is 2.11. The molecule has 1 N–H and O–H groups in total. The van der Waals surface area contributed by atoms with Gasteiger partial charge < -0.3 is 14.8 Å². The highest BCUT2D eigenvalue weighted by Crippen LogP contribution is 2.31. The molecule has 1 saturated heterocycles. The quantitative estimate of drug-likeness (QED) is 0.874. The van der Waals surface area contributed by atoms with Crippen LogP contribution in [-0.4, -0.2) is 49.3 Å². The highest BCUT2D eigenvalue weighted by molar-refractivity contribution is 5.83. The fraction of sp³-hybridized carbons (Fsp3) is 0.500. The summed E-state index contributed by atoms with van der Waals surface area (Å²) in [5, 5.41) is 4.59. The van der Waals surface area contributed by atoms with E-state index in [4.69, 9.17) is 9.47 Å². The number of fused-ring (bicyclic) bond motifs is 3. The molecule has 5 heteroatoms. The normalized spacial score (nSPS) is 21.7. The summed E-state index contributed by atoms with van der Waals surface area (Å²) in [5.41, 5.74) is 3.25. The molecular formula is C18H23N3O2. The Balaban J connectivity index is 1.76. The molecule has 1 atom stereocenters. The molecule has 0 aliphatic carbocycles. The lowest BCUT2D eigenvalue weighted by Crippen LogP contribution is -2.51. The van der Waals surface area contributed by atoms with Crippen molar-refractivity contribution in [1.82, 2.24) is 15.2 Å². The van der Waals surface area contributed by atoms with Crippen LogP contribution < -0.4 is 14.8 Å². The topological polar surface area (TPSA) is 46.6 Å².